The lowest BCUT2D eigenvalue weighted by Crippen LogP contribution is -2.27. The molecule has 0 radical (unpaired) electrons. The zero-order chi connectivity index (χ0) is 12.0. The molecule has 84 valence electrons. The van der Waals surface area contributed by atoms with Crippen molar-refractivity contribution in [2.75, 3.05) is 34.8 Å². The fourth-order valence-electron chi connectivity index (χ4n) is 1.33. The van der Waals surface area contributed by atoms with E-state index in [2.05, 4.69) is 12.6 Å². The van der Waals surface area contributed by atoms with Gasteiger partial charge in [-0.15, -0.1) is 0 Å². The van der Waals surface area contributed by atoms with E-state index in [-0.39, 0.29) is 0 Å². The van der Waals surface area contributed by atoms with Gasteiger partial charge >= 0.3 is 0 Å². The SMILES string of the molecule is C=C(OCC)C(C#N)=C(N(C)C)N(C)C. The van der Waals surface area contributed by atoms with Crippen molar-refractivity contribution < 1.29 is 4.74 Å². The van der Waals surface area contributed by atoms with Crippen LogP contribution in [0.1, 0.15) is 6.92 Å². The number of allylic oxidation sites excluding steroid dienone is 1. The number of nitrogens with zero attached hydrogens (tertiary/aromatic N) is 3. The van der Waals surface area contributed by atoms with Crippen molar-refractivity contribution >= 4 is 0 Å². The molecule has 15 heavy (non-hydrogen) atoms. The van der Waals surface area contributed by atoms with E-state index in [1.807, 2.05) is 44.9 Å². The molecule has 0 aliphatic carbocycles. The Labute approximate surface area is 92.0 Å². The average molecular weight is 209 g/mol. The highest BCUT2D eigenvalue weighted by molar-refractivity contribution is 5.40. The molecule has 0 aromatic carbocycles. The number of rotatable bonds is 5. The van der Waals surface area contributed by atoms with Crippen LogP contribution in [-0.4, -0.2) is 44.6 Å². The van der Waals surface area contributed by atoms with Crippen LogP contribution < -0.4 is 0 Å². The summed E-state index contributed by atoms with van der Waals surface area (Å²) in [4.78, 5) is 3.73. The van der Waals surface area contributed by atoms with Crippen LogP contribution in [0.2, 0.25) is 0 Å². The Bertz CT molecular complexity index is 287. The maximum Gasteiger partial charge on any atom is 0.134 e. The van der Waals surface area contributed by atoms with Crippen molar-refractivity contribution in [3.63, 3.8) is 0 Å². The van der Waals surface area contributed by atoms with Crippen molar-refractivity contribution in [2.24, 2.45) is 0 Å². The van der Waals surface area contributed by atoms with Crippen LogP contribution in [0.4, 0.5) is 0 Å². The third-order valence-corrected chi connectivity index (χ3v) is 1.78. The van der Waals surface area contributed by atoms with Gasteiger partial charge in [0.05, 0.1) is 6.61 Å². The van der Waals surface area contributed by atoms with Gasteiger partial charge < -0.3 is 14.5 Å². The van der Waals surface area contributed by atoms with Gasteiger partial charge in [-0.25, -0.2) is 0 Å². The first-order valence-corrected chi connectivity index (χ1v) is 4.76. The molecule has 0 aliphatic heterocycles. The highest BCUT2D eigenvalue weighted by atomic mass is 16.5. The number of hydrogen-bond donors (Lipinski definition) is 0. The summed E-state index contributed by atoms with van der Waals surface area (Å²) >= 11 is 0. The molecule has 0 spiro atoms. The third kappa shape index (κ3) is 3.55. The van der Waals surface area contributed by atoms with Gasteiger partial charge in [-0.2, -0.15) is 5.26 Å². The molecule has 0 bridgehead atoms. The molecule has 0 N–H and O–H groups in total. The van der Waals surface area contributed by atoms with Crippen LogP contribution >= 0.6 is 0 Å². The van der Waals surface area contributed by atoms with Gasteiger partial charge in [0.25, 0.3) is 0 Å². The molecule has 0 aromatic heterocycles. The minimum atomic E-state index is 0.414. The summed E-state index contributed by atoms with van der Waals surface area (Å²) in [5.74, 6) is 1.20. The fourth-order valence-corrected chi connectivity index (χ4v) is 1.33. The van der Waals surface area contributed by atoms with Crippen molar-refractivity contribution in [1.82, 2.24) is 9.80 Å². The van der Waals surface area contributed by atoms with E-state index in [0.29, 0.717) is 17.9 Å². The Balaban J connectivity index is 5.26. The van der Waals surface area contributed by atoms with Gasteiger partial charge in [0.1, 0.15) is 23.2 Å². The predicted molar refractivity (Wildman–Crippen MR) is 60.8 cm³/mol. The van der Waals surface area contributed by atoms with E-state index in [4.69, 9.17) is 10.00 Å². The lowest BCUT2D eigenvalue weighted by Gasteiger charge is -2.26. The molecule has 0 fully saturated rings. The summed E-state index contributed by atoms with van der Waals surface area (Å²) in [5, 5.41) is 9.09. The maximum atomic E-state index is 9.09. The summed E-state index contributed by atoms with van der Waals surface area (Å²) in [7, 11) is 7.52. The Morgan fingerprint density at radius 1 is 1.27 bits per heavy atom. The molecule has 0 unspecified atom stereocenters. The van der Waals surface area contributed by atoms with Crippen LogP contribution in [0.5, 0.6) is 0 Å². The van der Waals surface area contributed by atoms with Crippen LogP contribution in [0.3, 0.4) is 0 Å². The Hall–Kier alpha value is -1.63. The Kier molecular flexibility index (Phi) is 5.32. The second-order valence-corrected chi connectivity index (χ2v) is 3.46. The van der Waals surface area contributed by atoms with Gasteiger partial charge in [0, 0.05) is 28.2 Å². The summed E-state index contributed by atoms with van der Waals surface area (Å²) in [6.45, 7) is 6.12. The molecule has 4 nitrogen and oxygen atoms in total. The second kappa shape index (κ2) is 5.97. The summed E-state index contributed by atoms with van der Waals surface area (Å²) in [5.41, 5.74) is 0.465. The normalized spacial score (nSPS) is 8.80. The quantitative estimate of drug-likeness (QED) is 0.390. The van der Waals surface area contributed by atoms with E-state index in [9.17, 15) is 0 Å². The Morgan fingerprint density at radius 2 is 1.73 bits per heavy atom. The smallest absolute Gasteiger partial charge is 0.134 e. The first kappa shape index (κ1) is 13.4. The van der Waals surface area contributed by atoms with Crippen molar-refractivity contribution in [3.05, 3.63) is 23.7 Å². The molecule has 0 saturated carbocycles. The fraction of sp³-hybridized carbons (Fsp3) is 0.545. The summed E-state index contributed by atoms with van der Waals surface area (Å²) < 4.78 is 5.25. The van der Waals surface area contributed by atoms with Gasteiger partial charge in [-0.3, -0.25) is 0 Å². The number of hydrogen-bond acceptors (Lipinski definition) is 4. The molecule has 0 atom stereocenters. The Morgan fingerprint density at radius 3 is 2.00 bits per heavy atom. The molecular formula is C11H19N3O. The molecule has 4 heteroatoms. The van der Waals surface area contributed by atoms with Gasteiger partial charge in [-0.05, 0) is 6.92 Å². The van der Waals surface area contributed by atoms with Crippen LogP contribution in [0.25, 0.3) is 0 Å². The molecule has 0 aliphatic rings. The van der Waals surface area contributed by atoms with Crippen molar-refractivity contribution in [3.8, 4) is 6.07 Å². The van der Waals surface area contributed by atoms with E-state index in [1.54, 1.807) is 0 Å². The van der Waals surface area contributed by atoms with Crippen molar-refractivity contribution in [1.29, 1.82) is 5.26 Å². The molecule has 0 aromatic rings. The largest absolute Gasteiger partial charge is 0.493 e. The highest BCUT2D eigenvalue weighted by Gasteiger charge is 2.14. The second-order valence-electron chi connectivity index (χ2n) is 3.46. The molecular weight excluding hydrogens is 190 g/mol. The van der Waals surface area contributed by atoms with Gasteiger partial charge in [0.15, 0.2) is 0 Å². The average Bonchev–Trinajstić information content (AvgIpc) is 2.12. The van der Waals surface area contributed by atoms with Crippen molar-refractivity contribution in [2.45, 2.75) is 6.92 Å². The minimum absolute atomic E-state index is 0.414. The zero-order valence-corrected chi connectivity index (χ0v) is 10.2. The molecule has 0 saturated heterocycles. The van der Waals surface area contributed by atoms with Crippen LogP contribution in [-0.2, 0) is 4.74 Å². The van der Waals surface area contributed by atoms with Gasteiger partial charge in [0.2, 0.25) is 0 Å². The first-order chi connectivity index (χ1) is 6.95. The maximum absolute atomic E-state index is 9.09. The van der Waals surface area contributed by atoms with E-state index >= 15 is 0 Å². The lowest BCUT2D eigenvalue weighted by atomic mass is 10.2. The summed E-state index contributed by atoms with van der Waals surface area (Å²) in [6.07, 6.45) is 0. The van der Waals surface area contributed by atoms with E-state index in [0.717, 1.165) is 5.82 Å². The third-order valence-electron chi connectivity index (χ3n) is 1.78. The molecule has 0 amide bonds. The standard InChI is InChI=1S/C11H19N3O/c1-7-15-9(2)10(8-12)11(13(3)4)14(5)6/h2,7H2,1,3-6H3. The van der Waals surface area contributed by atoms with Crippen LogP contribution in [0, 0.1) is 11.3 Å². The van der Waals surface area contributed by atoms with E-state index < -0.39 is 0 Å². The van der Waals surface area contributed by atoms with E-state index in [1.165, 1.54) is 0 Å². The number of nitriles is 1. The molecule has 0 rings (SSSR count). The lowest BCUT2D eigenvalue weighted by molar-refractivity contribution is 0.235. The minimum Gasteiger partial charge on any atom is -0.493 e. The number of ether oxygens (including phenoxy) is 1. The zero-order valence-electron chi connectivity index (χ0n) is 10.2. The molecule has 0 heterocycles. The predicted octanol–water partition coefficient (Wildman–Crippen LogP) is 1.39. The first-order valence-electron chi connectivity index (χ1n) is 4.76. The van der Waals surface area contributed by atoms with Crippen LogP contribution in [0.15, 0.2) is 23.7 Å². The monoisotopic (exact) mass is 209 g/mol. The topological polar surface area (TPSA) is 39.5 Å². The highest BCUT2D eigenvalue weighted by Crippen LogP contribution is 2.17. The van der Waals surface area contributed by atoms with Gasteiger partial charge in [-0.1, -0.05) is 6.58 Å². The summed E-state index contributed by atoms with van der Waals surface area (Å²) in [6, 6.07) is 2.12.